The Balaban J connectivity index is 2.09. The van der Waals surface area contributed by atoms with E-state index in [0.29, 0.717) is 12.0 Å². The third-order valence-electron chi connectivity index (χ3n) is 3.06. The first-order chi connectivity index (χ1) is 9.74. The zero-order valence-electron chi connectivity index (χ0n) is 11.4. The van der Waals surface area contributed by atoms with Crippen LogP contribution in [0.2, 0.25) is 0 Å². The number of amides is 1. The lowest BCUT2D eigenvalue weighted by molar-refractivity contribution is 0.0936. The number of terminal acetylenes is 1. The van der Waals surface area contributed by atoms with Crippen molar-refractivity contribution in [3.05, 3.63) is 48.3 Å². The number of benzene rings is 1. The molecule has 1 heterocycles. The molecule has 1 aromatic heterocycles. The van der Waals surface area contributed by atoms with Gasteiger partial charge in [0.05, 0.1) is 17.4 Å². The third-order valence-corrected chi connectivity index (χ3v) is 3.06. The number of nitrogens with one attached hydrogen (secondary N) is 1. The molecular weight excluding hydrogens is 250 g/mol. The van der Waals surface area contributed by atoms with Gasteiger partial charge >= 0.3 is 0 Å². The topological polar surface area (TPSA) is 46.9 Å². The lowest BCUT2D eigenvalue weighted by Crippen LogP contribution is -2.33. The van der Waals surface area contributed by atoms with Crippen molar-refractivity contribution in [2.24, 2.45) is 0 Å². The van der Waals surface area contributed by atoms with Gasteiger partial charge in [-0.3, -0.25) is 4.79 Å². The first kappa shape index (κ1) is 13.9. The van der Waals surface area contributed by atoms with Gasteiger partial charge in [0.25, 0.3) is 5.91 Å². The van der Waals surface area contributed by atoms with Crippen molar-refractivity contribution in [2.75, 3.05) is 0 Å². The molecule has 0 aliphatic heterocycles. The number of rotatable bonds is 5. The molecule has 0 fully saturated rings. The summed E-state index contributed by atoms with van der Waals surface area (Å²) in [7, 11) is 0. The summed E-state index contributed by atoms with van der Waals surface area (Å²) in [6.45, 7) is 2.00. The SMILES string of the molecule is C#CCC(CC)NC(=O)c1cnn(-c2ccccc2)c1. The Morgan fingerprint density at radius 2 is 2.20 bits per heavy atom. The zero-order chi connectivity index (χ0) is 14.4. The average Bonchev–Trinajstić information content (AvgIpc) is 2.97. The molecule has 2 rings (SSSR count). The normalized spacial score (nSPS) is 11.6. The largest absolute Gasteiger partial charge is 0.348 e. The Hall–Kier alpha value is -2.54. The van der Waals surface area contributed by atoms with E-state index in [1.165, 1.54) is 0 Å². The second-order valence-corrected chi connectivity index (χ2v) is 4.50. The molecule has 0 saturated heterocycles. The summed E-state index contributed by atoms with van der Waals surface area (Å²) in [6.07, 6.45) is 9.90. The van der Waals surface area contributed by atoms with E-state index in [2.05, 4.69) is 16.3 Å². The molecule has 1 atom stereocenters. The Kier molecular flexibility index (Phi) is 4.56. The summed E-state index contributed by atoms with van der Waals surface area (Å²) in [6, 6.07) is 9.66. The highest BCUT2D eigenvalue weighted by Gasteiger charge is 2.13. The highest BCUT2D eigenvalue weighted by atomic mass is 16.1. The average molecular weight is 267 g/mol. The zero-order valence-corrected chi connectivity index (χ0v) is 11.4. The van der Waals surface area contributed by atoms with Crippen LogP contribution in [0.4, 0.5) is 0 Å². The fraction of sp³-hybridized carbons (Fsp3) is 0.250. The number of aromatic nitrogens is 2. The van der Waals surface area contributed by atoms with Crippen LogP contribution >= 0.6 is 0 Å². The lowest BCUT2D eigenvalue weighted by atomic mass is 10.1. The molecule has 0 aliphatic rings. The molecule has 102 valence electrons. The maximum atomic E-state index is 12.1. The van der Waals surface area contributed by atoms with Crippen molar-refractivity contribution in [2.45, 2.75) is 25.8 Å². The van der Waals surface area contributed by atoms with Crippen LogP contribution in [0, 0.1) is 12.3 Å². The van der Waals surface area contributed by atoms with Crippen LogP contribution in [0.25, 0.3) is 5.69 Å². The quantitative estimate of drug-likeness (QED) is 0.846. The number of hydrogen-bond donors (Lipinski definition) is 1. The van der Waals surface area contributed by atoms with Crippen molar-refractivity contribution in [3.63, 3.8) is 0 Å². The number of nitrogens with zero attached hydrogens (tertiary/aromatic N) is 2. The van der Waals surface area contributed by atoms with Gasteiger partial charge in [-0.15, -0.1) is 12.3 Å². The van der Waals surface area contributed by atoms with Crippen molar-refractivity contribution in [3.8, 4) is 18.0 Å². The minimum atomic E-state index is -0.144. The monoisotopic (exact) mass is 267 g/mol. The number of carbonyl (C=O) groups is 1. The van der Waals surface area contributed by atoms with Crippen molar-refractivity contribution >= 4 is 5.91 Å². The van der Waals surface area contributed by atoms with Gasteiger partial charge in [0.1, 0.15) is 0 Å². The predicted molar refractivity (Wildman–Crippen MR) is 78.6 cm³/mol. The number of hydrogen-bond acceptors (Lipinski definition) is 2. The van der Waals surface area contributed by atoms with Crippen LogP contribution in [0.3, 0.4) is 0 Å². The molecule has 1 unspecified atom stereocenters. The van der Waals surface area contributed by atoms with Crippen LogP contribution in [0.1, 0.15) is 30.1 Å². The predicted octanol–water partition coefficient (Wildman–Crippen LogP) is 2.40. The smallest absolute Gasteiger partial charge is 0.254 e. The summed E-state index contributed by atoms with van der Waals surface area (Å²) in [5.41, 5.74) is 1.45. The molecule has 1 N–H and O–H groups in total. The van der Waals surface area contributed by atoms with Crippen molar-refractivity contribution < 1.29 is 4.79 Å². The molecule has 2 aromatic rings. The van der Waals surface area contributed by atoms with Gasteiger partial charge in [-0.25, -0.2) is 4.68 Å². The summed E-state index contributed by atoms with van der Waals surface area (Å²) in [5.74, 6) is 2.43. The van der Waals surface area contributed by atoms with Gasteiger partial charge < -0.3 is 5.32 Å². The Morgan fingerprint density at radius 3 is 2.85 bits per heavy atom. The first-order valence-electron chi connectivity index (χ1n) is 6.59. The van der Waals surface area contributed by atoms with Gasteiger partial charge in [0, 0.05) is 18.7 Å². The van der Waals surface area contributed by atoms with E-state index in [4.69, 9.17) is 6.42 Å². The van der Waals surface area contributed by atoms with E-state index < -0.39 is 0 Å². The molecule has 1 aromatic carbocycles. The Morgan fingerprint density at radius 1 is 1.45 bits per heavy atom. The minimum Gasteiger partial charge on any atom is -0.348 e. The van der Waals surface area contributed by atoms with E-state index in [1.807, 2.05) is 37.3 Å². The van der Waals surface area contributed by atoms with Gasteiger partial charge in [-0.1, -0.05) is 25.1 Å². The fourth-order valence-corrected chi connectivity index (χ4v) is 1.87. The van der Waals surface area contributed by atoms with E-state index in [0.717, 1.165) is 12.1 Å². The molecule has 4 heteroatoms. The molecule has 1 amide bonds. The van der Waals surface area contributed by atoms with Gasteiger partial charge in [-0.2, -0.15) is 5.10 Å². The summed E-state index contributed by atoms with van der Waals surface area (Å²) >= 11 is 0. The molecule has 0 aliphatic carbocycles. The standard InChI is InChI=1S/C16H17N3O/c1-3-8-14(4-2)18-16(20)13-11-17-19(12-13)15-9-6-5-7-10-15/h1,5-7,9-12,14H,4,8H2,2H3,(H,18,20). The van der Waals surface area contributed by atoms with E-state index in [1.54, 1.807) is 17.1 Å². The van der Waals surface area contributed by atoms with Crippen LogP contribution in [0.15, 0.2) is 42.7 Å². The van der Waals surface area contributed by atoms with E-state index in [-0.39, 0.29) is 11.9 Å². The molecule has 4 nitrogen and oxygen atoms in total. The highest BCUT2D eigenvalue weighted by Crippen LogP contribution is 2.08. The van der Waals surface area contributed by atoms with Gasteiger partial charge in [0.2, 0.25) is 0 Å². The Bertz CT molecular complexity index is 610. The maximum Gasteiger partial charge on any atom is 0.254 e. The summed E-state index contributed by atoms with van der Waals surface area (Å²) in [4.78, 5) is 12.1. The van der Waals surface area contributed by atoms with Gasteiger partial charge in [0.15, 0.2) is 0 Å². The summed E-state index contributed by atoms with van der Waals surface area (Å²) < 4.78 is 1.68. The van der Waals surface area contributed by atoms with Crippen molar-refractivity contribution in [1.29, 1.82) is 0 Å². The number of carbonyl (C=O) groups excluding carboxylic acids is 1. The molecule has 0 radical (unpaired) electrons. The van der Waals surface area contributed by atoms with Gasteiger partial charge in [-0.05, 0) is 18.6 Å². The number of para-hydroxylation sites is 1. The van der Waals surface area contributed by atoms with Crippen molar-refractivity contribution in [1.82, 2.24) is 15.1 Å². The molecule has 0 bridgehead atoms. The molecule has 0 saturated carbocycles. The maximum absolute atomic E-state index is 12.1. The van der Waals surface area contributed by atoms with Crippen LogP contribution in [-0.2, 0) is 0 Å². The van der Waals surface area contributed by atoms with E-state index >= 15 is 0 Å². The fourth-order valence-electron chi connectivity index (χ4n) is 1.87. The van der Waals surface area contributed by atoms with Crippen LogP contribution in [0.5, 0.6) is 0 Å². The summed E-state index contributed by atoms with van der Waals surface area (Å²) in [5, 5.41) is 7.12. The second kappa shape index (κ2) is 6.58. The molecule has 20 heavy (non-hydrogen) atoms. The Labute approximate surface area is 118 Å². The highest BCUT2D eigenvalue weighted by molar-refractivity contribution is 5.94. The lowest BCUT2D eigenvalue weighted by Gasteiger charge is -2.12. The molecule has 0 spiro atoms. The third kappa shape index (κ3) is 3.27. The van der Waals surface area contributed by atoms with E-state index in [9.17, 15) is 4.79 Å². The second-order valence-electron chi connectivity index (χ2n) is 4.50. The molecular formula is C16H17N3O. The van der Waals surface area contributed by atoms with Crippen LogP contribution < -0.4 is 5.32 Å². The van der Waals surface area contributed by atoms with Crippen LogP contribution in [-0.4, -0.2) is 21.7 Å². The minimum absolute atomic E-state index is 0.00701. The first-order valence-corrected chi connectivity index (χ1v) is 6.59.